The first kappa shape index (κ1) is 28.5. The molecule has 0 rings (SSSR count). The monoisotopic (exact) mass is 349 g/mol. The largest absolute Gasteiger partial charge is 0.673 e. The van der Waals surface area contributed by atoms with E-state index in [1.165, 1.54) is 0 Å². The van der Waals surface area contributed by atoms with Gasteiger partial charge >= 0.3 is 21.8 Å². The van der Waals surface area contributed by atoms with Gasteiger partial charge in [0, 0.05) is 7.11 Å². The highest BCUT2D eigenvalue weighted by molar-refractivity contribution is 6.50. The van der Waals surface area contributed by atoms with Crippen LogP contribution < -0.4 is 0 Å². The van der Waals surface area contributed by atoms with Gasteiger partial charge in [-0.05, 0) is 20.8 Å². The molecule has 0 unspecified atom stereocenters. The summed E-state index contributed by atoms with van der Waals surface area (Å²) in [4.78, 5) is 0. The first-order valence-corrected chi connectivity index (χ1v) is 4.73. The zero-order valence-corrected chi connectivity index (χ0v) is 11.2. The van der Waals surface area contributed by atoms with Crippen molar-refractivity contribution in [1.29, 1.82) is 0 Å². The molecule has 0 amide bonds. The molecule has 0 atom stereocenters. The number of halogens is 12. The van der Waals surface area contributed by atoms with Crippen LogP contribution in [0.3, 0.4) is 0 Å². The van der Waals surface area contributed by atoms with Gasteiger partial charge in [0.25, 0.3) is 0 Å². The lowest BCUT2D eigenvalue weighted by atomic mass is 10.2. The molecule has 0 aromatic rings. The van der Waals surface area contributed by atoms with Crippen molar-refractivity contribution in [3.8, 4) is 0 Å². The summed E-state index contributed by atoms with van der Waals surface area (Å²) in [5.74, 6) is 0. The van der Waals surface area contributed by atoms with Crippen molar-refractivity contribution in [2.24, 2.45) is 0 Å². The molecular weight excluding hydrogens is 336 g/mol. The molecule has 1 nitrogen and oxygen atoms in total. The molecule has 0 aliphatic heterocycles. The van der Waals surface area contributed by atoms with Crippen molar-refractivity contribution in [1.82, 2.24) is 0 Å². The molecule has 0 aromatic carbocycles. The smallest absolute Gasteiger partial charge is 0.418 e. The average Bonchev–Trinajstić information content (AvgIpc) is 1.91. The van der Waals surface area contributed by atoms with Crippen LogP contribution in [0.15, 0.2) is 0 Å². The van der Waals surface area contributed by atoms with E-state index in [0.29, 0.717) is 0 Å². The molecule has 0 heterocycles. The van der Waals surface area contributed by atoms with Gasteiger partial charge in [-0.2, -0.15) is 0 Å². The van der Waals surface area contributed by atoms with E-state index in [1.807, 2.05) is 20.8 Å². The van der Waals surface area contributed by atoms with Crippen molar-refractivity contribution in [3.63, 3.8) is 0 Å². The molecule has 0 saturated heterocycles. The third-order valence-electron chi connectivity index (χ3n) is 0.612. The van der Waals surface area contributed by atoms with Gasteiger partial charge in [-0.1, -0.05) is 0 Å². The summed E-state index contributed by atoms with van der Waals surface area (Å²) in [5.41, 5.74) is 0.0417. The Morgan fingerprint density at radius 2 is 0.571 bits per heavy atom. The summed E-state index contributed by atoms with van der Waals surface area (Å²) >= 11 is 0. The quantitative estimate of drug-likeness (QED) is 0.424. The highest BCUT2D eigenvalue weighted by atomic mass is 19.5. The first-order chi connectivity index (χ1) is 8.56. The van der Waals surface area contributed by atoms with Gasteiger partial charge in [-0.3, -0.25) is 0 Å². The van der Waals surface area contributed by atoms with E-state index in [0.717, 1.165) is 0 Å². The van der Waals surface area contributed by atoms with Crippen LogP contribution in [0.1, 0.15) is 20.8 Å². The summed E-state index contributed by atoms with van der Waals surface area (Å²) in [7, 11) is -16.3. The summed E-state index contributed by atoms with van der Waals surface area (Å²) in [5, 5.41) is 0. The number of hydrogen-bond acceptors (Lipinski definition) is 1. The summed E-state index contributed by atoms with van der Waals surface area (Å²) in [6.07, 6.45) is 0. The van der Waals surface area contributed by atoms with Gasteiger partial charge in [0.05, 0.1) is 5.60 Å². The van der Waals surface area contributed by atoms with Crippen molar-refractivity contribution < 1.29 is 56.5 Å². The molecule has 0 aliphatic carbocycles. The Hall–Kier alpha value is -0.685. The molecule has 0 saturated carbocycles. The highest BCUT2D eigenvalue weighted by Gasteiger charge is 2.21. The Labute approximate surface area is 113 Å². The van der Waals surface area contributed by atoms with Gasteiger partial charge < -0.3 is 56.5 Å². The normalized spacial score (nSPS) is 12.0. The topological polar surface area (TPSA) is 9.23 Å². The zero-order chi connectivity index (χ0) is 18.7. The Morgan fingerprint density at radius 1 is 0.524 bits per heavy atom. The standard InChI is InChI=1S/C5H12O.3BF4/c1-5(2,3)6-4;3*2-1(3,4)5/h1-4H3;;;/q;3*-1. The van der Waals surface area contributed by atoms with Crippen LogP contribution >= 0.6 is 0 Å². The van der Waals surface area contributed by atoms with Gasteiger partial charge in [0.2, 0.25) is 0 Å². The summed E-state index contributed by atoms with van der Waals surface area (Å²) in [6, 6.07) is 0. The molecule has 0 bridgehead atoms. The Kier molecular flexibility index (Phi) is 14.9. The molecule has 21 heavy (non-hydrogen) atoms. The Bertz CT molecular complexity index is 180. The van der Waals surface area contributed by atoms with Crippen molar-refractivity contribution in [2.45, 2.75) is 26.4 Å². The van der Waals surface area contributed by atoms with Crippen LogP contribution in [0.4, 0.5) is 51.8 Å². The second kappa shape index (κ2) is 11.0. The fourth-order valence-electron chi connectivity index (χ4n) is 0. The number of rotatable bonds is 0. The summed E-state index contributed by atoms with van der Waals surface area (Å²) < 4.78 is 122. The van der Waals surface area contributed by atoms with Gasteiger partial charge in [-0.25, -0.2) is 0 Å². The van der Waals surface area contributed by atoms with Gasteiger partial charge in [0.15, 0.2) is 0 Å². The van der Waals surface area contributed by atoms with E-state index in [2.05, 4.69) is 0 Å². The lowest BCUT2D eigenvalue weighted by Gasteiger charge is -2.14. The van der Waals surface area contributed by atoms with E-state index in [4.69, 9.17) is 4.74 Å². The lowest BCUT2D eigenvalue weighted by molar-refractivity contribution is 0.0397. The molecule has 0 radical (unpaired) electrons. The minimum absolute atomic E-state index is 0.0417. The third-order valence-corrected chi connectivity index (χ3v) is 0.612. The maximum Gasteiger partial charge on any atom is 0.673 e. The molecule has 16 heteroatoms. The number of hydrogen-bond donors (Lipinski definition) is 0. The zero-order valence-electron chi connectivity index (χ0n) is 11.2. The van der Waals surface area contributed by atoms with Crippen LogP contribution in [-0.4, -0.2) is 34.5 Å². The van der Waals surface area contributed by atoms with Crippen LogP contribution in [0, 0.1) is 0 Å². The third kappa shape index (κ3) is 1080. The second-order valence-corrected chi connectivity index (χ2v) is 3.80. The highest BCUT2D eigenvalue weighted by Crippen LogP contribution is 2.07. The van der Waals surface area contributed by atoms with Gasteiger partial charge in [-0.15, -0.1) is 0 Å². The van der Waals surface area contributed by atoms with Crippen LogP contribution in [0.25, 0.3) is 0 Å². The molecule has 0 N–H and O–H groups in total. The van der Waals surface area contributed by atoms with E-state index in [-0.39, 0.29) is 5.60 Å². The predicted octanol–water partition coefficient (Wildman–Crippen LogP) is 5.33. The SMILES string of the molecule is COC(C)(C)C.F[B-](F)(F)F.F[B-](F)(F)F.F[B-](F)(F)F. The van der Waals surface area contributed by atoms with E-state index >= 15 is 0 Å². The lowest BCUT2D eigenvalue weighted by Crippen LogP contribution is -2.15. The Balaban J connectivity index is -0.0000000921. The number of methoxy groups -OCH3 is 1. The summed E-state index contributed by atoms with van der Waals surface area (Å²) in [6.45, 7) is 6.06. The first-order valence-electron chi connectivity index (χ1n) is 4.73. The van der Waals surface area contributed by atoms with Crippen molar-refractivity contribution >= 4 is 21.8 Å². The number of ether oxygens (including phenoxy) is 1. The minimum atomic E-state index is -6.00. The maximum absolute atomic E-state index is 9.75. The molecule has 0 aliphatic rings. The van der Waals surface area contributed by atoms with E-state index < -0.39 is 21.8 Å². The maximum atomic E-state index is 9.75. The molecule has 0 aromatic heterocycles. The second-order valence-electron chi connectivity index (χ2n) is 3.80. The molecule has 0 spiro atoms. The molecule has 0 fully saturated rings. The van der Waals surface area contributed by atoms with E-state index in [9.17, 15) is 51.8 Å². The van der Waals surface area contributed by atoms with Crippen molar-refractivity contribution in [3.05, 3.63) is 0 Å². The van der Waals surface area contributed by atoms with Crippen LogP contribution in [-0.2, 0) is 4.74 Å². The minimum Gasteiger partial charge on any atom is -0.418 e. The fourth-order valence-corrected chi connectivity index (χ4v) is 0. The van der Waals surface area contributed by atoms with Crippen molar-refractivity contribution in [2.75, 3.05) is 7.11 Å². The van der Waals surface area contributed by atoms with Crippen LogP contribution in [0.5, 0.6) is 0 Å². The fraction of sp³-hybridized carbons (Fsp3) is 1.00. The Morgan fingerprint density at radius 3 is 0.571 bits per heavy atom. The van der Waals surface area contributed by atoms with E-state index in [1.54, 1.807) is 7.11 Å². The van der Waals surface area contributed by atoms with Crippen LogP contribution in [0.2, 0.25) is 0 Å². The predicted molar refractivity (Wildman–Crippen MR) is 57.3 cm³/mol. The van der Waals surface area contributed by atoms with Gasteiger partial charge in [0.1, 0.15) is 0 Å². The average molecular weight is 349 g/mol. The molecular formula is C5H12B3F12O-3. The molecule has 134 valence electrons.